The van der Waals surface area contributed by atoms with Crippen molar-refractivity contribution in [2.24, 2.45) is 5.14 Å². The second kappa shape index (κ2) is 6.37. The van der Waals surface area contributed by atoms with Gasteiger partial charge < -0.3 is 5.32 Å². The molecule has 0 aliphatic heterocycles. The van der Waals surface area contributed by atoms with Crippen LogP contribution in [0.4, 0.5) is 0 Å². The molecule has 110 valence electrons. The van der Waals surface area contributed by atoms with Gasteiger partial charge in [0.25, 0.3) is 5.91 Å². The van der Waals surface area contributed by atoms with Crippen LogP contribution in [-0.2, 0) is 10.0 Å². The van der Waals surface area contributed by atoms with E-state index in [9.17, 15) is 13.2 Å². The fourth-order valence-corrected chi connectivity index (χ4v) is 3.07. The Balaban J connectivity index is 2.09. The molecule has 6 heteroatoms. The maximum absolute atomic E-state index is 12.2. The number of amides is 1. The summed E-state index contributed by atoms with van der Waals surface area (Å²) in [5.74, 6) is -0.234. The van der Waals surface area contributed by atoms with Crippen LogP contribution < -0.4 is 10.5 Å². The first-order valence-corrected chi connectivity index (χ1v) is 8.45. The molecule has 1 amide bonds. The van der Waals surface area contributed by atoms with E-state index in [0.717, 1.165) is 25.7 Å². The quantitative estimate of drug-likeness (QED) is 0.833. The molecule has 1 aromatic carbocycles. The molecule has 1 fully saturated rings. The van der Waals surface area contributed by atoms with Crippen molar-refractivity contribution in [2.75, 3.05) is 0 Å². The van der Waals surface area contributed by atoms with Gasteiger partial charge in [-0.3, -0.25) is 4.79 Å². The van der Waals surface area contributed by atoms with Gasteiger partial charge in [0.2, 0.25) is 10.0 Å². The summed E-state index contributed by atoms with van der Waals surface area (Å²) >= 11 is 0. The number of carbonyl (C=O) groups is 1. The summed E-state index contributed by atoms with van der Waals surface area (Å²) in [7, 11) is -3.78. The Morgan fingerprint density at radius 3 is 2.40 bits per heavy atom. The Kier molecular flexibility index (Phi) is 4.77. The molecule has 0 unspecified atom stereocenters. The minimum atomic E-state index is -3.78. The van der Waals surface area contributed by atoms with Crippen LogP contribution in [0, 0.1) is 0 Å². The van der Waals surface area contributed by atoms with Crippen molar-refractivity contribution in [3.63, 3.8) is 0 Å². The van der Waals surface area contributed by atoms with Crippen LogP contribution in [0.3, 0.4) is 0 Å². The van der Waals surface area contributed by atoms with Crippen molar-refractivity contribution in [1.29, 1.82) is 0 Å². The molecule has 0 spiro atoms. The largest absolute Gasteiger partial charge is 0.349 e. The van der Waals surface area contributed by atoms with Gasteiger partial charge in [-0.25, -0.2) is 13.6 Å². The highest BCUT2D eigenvalue weighted by molar-refractivity contribution is 7.89. The summed E-state index contributed by atoms with van der Waals surface area (Å²) in [4.78, 5) is 12.1. The lowest BCUT2D eigenvalue weighted by atomic mass is 10.1. The molecule has 0 saturated heterocycles. The molecule has 1 aromatic rings. The maximum atomic E-state index is 12.2. The molecule has 2 rings (SSSR count). The van der Waals surface area contributed by atoms with E-state index in [4.69, 9.17) is 5.14 Å². The number of hydrogen-bond acceptors (Lipinski definition) is 3. The standard InChI is InChI=1S/C14H20N2O3S/c15-20(18,19)13-9-5-6-11(10-13)14(17)16-12-7-3-1-2-4-8-12/h5-6,9-10,12H,1-4,7-8H2,(H,16,17)(H2,15,18,19). The minimum Gasteiger partial charge on any atom is -0.349 e. The Morgan fingerprint density at radius 2 is 1.80 bits per heavy atom. The first-order chi connectivity index (χ1) is 9.47. The predicted molar refractivity (Wildman–Crippen MR) is 76.8 cm³/mol. The number of carbonyl (C=O) groups excluding carboxylic acids is 1. The fourth-order valence-electron chi connectivity index (χ4n) is 2.51. The molecule has 0 atom stereocenters. The normalized spacial score (nSPS) is 17.4. The molecule has 5 nitrogen and oxygen atoms in total. The lowest BCUT2D eigenvalue weighted by molar-refractivity contribution is 0.0933. The summed E-state index contributed by atoms with van der Waals surface area (Å²) < 4.78 is 22.6. The topological polar surface area (TPSA) is 89.3 Å². The molecule has 1 saturated carbocycles. The van der Waals surface area contributed by atoms with Gasteiger partial charge in [-0.2, -0.15) is 0 Å². The number of hydrogen-bond donors (Lipinski definition) is 2. The van der Waals surface area contributed by atoms with Crippen LogP contribution >= 0.6 is 0 Å². The highest BCUT2D eigenvalue weighted by Gasteiger charge is 2.17. The van der Waals surface area contributed by atoms with Gasteiger partial charge in [0.05, 0.1) is 4.90 Å². The molecule has 0 heterocycles. The van der Waals surface area contributed by atoms with E-state index in [0.29, 0.717) is 5.56 Å². The minimum absolute atomic E-state index is 0.0361. The van der Waals surface area contributed by atoms with Crippen LogP contribution in [0.1, 0.15) is 48.9 Å². The molecule has 1 aliphatic rings. The van der Waals surface area contributed by atoms with Crippen molar-refractivity contribution >= 4 is 15.9 Å². The number of primary sulfonamides is 1. The van der Waals surface area contributed by atoms with Gasteiger partial charge in [0.1, 0.15) is 0 Å². The number of nitrogens with two attached hydrogens (primary N) is 1. The van der Waals surface area contributed by atoms with E-state index < -0.39 is 10.0 Å². The van der Waals surface area contributed by atoms with E-state index >= 15 is 0 Å². The van der Waals surface area contributed by atoms with Crippen LogP contribution in [0.15, 0.2) is 29.2 Å². The van der Waals surface area contributed by atoms with E-state index in [-0.39, 0.29) is 16.8 Å². The summed E-state index contributed by atoms with van der Waals surface area (Å²) in [5.41, 5.74) is 0.334. The first kappa shape index (κ1) is 15.0. The van der Waals surface area contributed by atoms with Crippen LogP contribution in [0.25, 0.3) is 0 Å². The Bertz CT molecular complexity index is 576. The van der Waals surface area contributed by atoms with Crippen LogP contribution in [0.5, 0.6) is 0 Å². The Morgan fingerprint density at radius 1 is 1.15 bits per heavy atom. The number of rotatable bonds is 3. The van der Waals surface area contributed by atoms with E-state index in [1.54, 1.807) is 6.07 Å². The maximum Gasteiger partial charge on any atom is 0.251 e. The lowest BCUT2D eigenvalue weighted by Gasteiger charge is -2.16. The summed E-state index contributed by atoms with van der Waals surface area (Å²) in [6.45, 7) is 0. The van der Waals surface area contributed by atoms with Crippen LogP contribution in [-0.4, -0.2) is 20.4 Å². The van der Waals surface area contributed by atoms with Gasteiger partial charge in [-0.15, -0.1) is 0 Å². The molecule has 20 heavy (non-hydrogen) atoms. The smallest absolute Gasteiger partial charge is 0.251 e. The highest BCUT2D eigenvalue weighted by Crippen LogP contribution is 2.18. The van der Waals surface area contributed by atoms with Gasteiger partial charge in [-0.05, 0) is 31.0 Å². The SMILES string of the molecule is NS(=O)(=O)c1cccc(C(=O)NC2CCCCCC2)c1. The Hall–Kier alpha value is -1.40. The third-order valence-electron chi connectivity index (χ3n) is 3.62. The summed E-state index contributed by atoms with van der Waals surface area (Å²) in [6.07, 6.45) is 6.66. The lowest BCUT2D eigenvalue weighted by Crippen LogP contribution is -2.34. The van der Waals surface area contributed by atoms with Crippen molar-refractivity contribution in [3.05, 3.63) is 29.8 Å². The predicted octanol–water partition coefficient (Wildman–Crippen LogP) is 1.79. The third kappa shape index (κ3) is 4.05. The van der Waals surface area contributed by atoms with E-state index in [1.165, 1.54) is 31.0 Å². The van der Waals surface area contributed by atoms with Gasteiger partial charge >= 0.3 is 0 Å². The zero-order valence-corrected chi connectivity index (χ0v) is 12.2. The highest BCUT2D eigenvalue weighted by atomic mass is 32.2. The second-order valence-corrected chi connectivity index (χ2v) is 6.80. The van der Waals surface area contributed by atoms with Crippen molar-refractivity contribution < 1.29 is 13.2 Å². The number of sulfonamides is 1. The van der Waals surface area contributed by atoms with Gasteiger partial charge in [-0.1, -0.05) is 31.7 Å². The number of nitrogens with one attached hydrogen (secondary N) is 1. The van der Waals surface area contributed by atoms with Crippen LogP contribution in [0.2, 0.25) is 0 Å². The molecule has 3 N–H and O–H groups in total. The Labute approximate surface area is 119 Å². The van der Waals surface area contributed by atoms with Gasteiger partial charge in [0.15, 0.2) is 0 Å². The molecule has 0 bridgehead atoms. The zero-order valence-electron chi connectivity index (χ0n) is 11.3. The molecule has 1 aliphatic carbocycles. The second-order valence-electron chi connectivity index (χ2n) is 5.23. The average Bonchev–Trinajstić information content (AvgIpc) is 2.66. The monoisotopic (exact) mass is 296 g/mol. The number of benzene rings is 1. The fraction of sp³-hybridized carbons (Fsp3) is 0.500. The summed E-state index contributed by atoms with van der Waals surface area (Å²) in [6, 6.07) is 6.02. The third-order valence-corrected chi connectivity index (χ3v) is 4.53. The van der Waals surface area contributed by atoms with E-state index in [2.05, 4.69) is 5.32 Å². The molecule has 0 radical (unpaired) electrons. The van der Waals surface area contributed by atoms with Gasteiger partial charge in [0, 0.05) is 11.6 Å². The zero-order chi connectivity index (χ0) is 14.6. The van der Waals surface area contributed by atoms with Crippen molar-refractivity contribution in [3.8, 4) is 0 Å². The first-order valence-electron chi connectivity index (χ1n) is 6.90. The molecular weight excluding hydrogens is 276 g/mol. The van der Waals surface area contributed by atoms with Crippen molar-refractivity contribution in [1.82, 2.24) is 5.32 Å². The molecular formula is C14H20N2O3S. The summed E-state index contributed by atoms with van der Waals surface area (Å²) in [5, 5.41) is 8.05. The average molecular weight is 296 g/mol. The van der Waals surface area contributed by atoms with E-state index in [1.807, 2.05) is 0 Å². The molecule has 0 aromatic heterocycles. The van der Waals surface area contributed by atoms with Crippen molar-refractivity contribution in [2.45, 2.75) is 49.5 Å².